The van der Waals surface area contributed by atoms with Crippen molar-refractivity contribution in [3.63, 3.8) is 0 Å². The van der Waals surface area contributed by atoms with E-state index in [0.717, 1.165) is 65.2 Å². The van der Waals surface area contributed by atoms with Crippen molar-refractivity contribution in [2.75, 3.05) is 23.9 Å². The van der Waals surface area contributed by atoms with Gasteiger partial charge in [0, 0.05) is 77.6 Å². The van der Waals surface area contributed by atoms with Crippen LogP contribution in [-0.4, -0.2) is 88.9 Å². The third kappa shape index (κ3) is 9.56. The van der Waals surface area contributed by atoms with Gasteiger partial charge in [0.15, 0.2) is 11.6 Å². The molecule has 2 fully saturated rings. The second kappa shape index (κ2) is 15.5. The van der Waals surface area contributed by atoms with Crippen LogP contribution in [0.1, 0.15) is 104 Å². The monoisotopic (exact) mass is 799 g/mol. The zero-order chi connectivity index (χ0) is 42.5. The maximum absolute atomic E-state index is 11.2. The van der Waals surface area contributed by atoms with E-state index in [2.05, 4.69) is 120 Å². The lowest BCUT2D eigenvalue weighted by atomic mass is 9.79. The van der Waals surface area contributed by atoms with E-state index < -0.39 is 5.60 Å². The summed E-state index contributed by atoms with van der Waals surface area (Å²) in [5, 5.41) is 47.8. The number of aryl methyl sites for hydroxylation is 1. The average molecular weight is 799 g/mol. The molecule has 59 heavy (non-hydrogen) atoms. The summed E-state index contributed by atoms with van der Waals surface area (Å²) in [6.45, 7) is 20.0. The first-order valence-electron chi connectivity index (χ1n) is 20.8. The zero-order valence-electron chi connectivity index (χ0n) is 36.7. The summed E-state index contributed by atoms with van der Waals surface area (Å²) in [7, 11) is 4.18. The lowest BCUT2D eigenvalue weighted by Gasteiger charge is -2.49. The molecule has 0 spiro atoms. The summed E-state index contributed by atoms with van der Waals surface area (Å²) in [5.41, 5.74) is 4.65. The SMILES string of the molecule is CN(c1ccc(C2(O)C=Cc3ncccc3C2)nn1)C1CC(C)(C)NC(C)(C)C1.Cc1ccc2cc(O)c(-c3ccc(N(C)C4CC(C)(C)NC(C)(C)C4)nn3)cc2n1. The first-order valence-corrected chi connectivity index (χ1v) is 20.8. The molecule has 3 aliphatic rings. The van der Waals surface area contributed by atoms with Crippen molar-refractivity contribution in [2.45, 2.75) is 134 Å². The summed E-state index contributed by atoms with van der Waals surface area (Å²) in [6.07, 6.45) is 9.99. The Morgan fingerprint density at radius 3 is 1.81 bits per heavy atom. The highest BCUT2D eigenvalue weighted by Crippen LogP contribution is 2.37. The molecule has 4 N–H and O–H groups in total. The molecule has 4 aromatic heterocycles. The number of phenols is 1. The Labute approximate surface area is 349 Å². The van der Waals surface area contributed by atoms with E-state index in [9.17, 15) is 10.2 Å². The van der Waals surface area contributed by atoms with E-state index in [4.69, 9.17) is 0 Å². The number of benzene rings is 1. The molecule has 0 radical (unpaired) electrons. The molecule has 6 heterocycles. The van der Waals surface area contributed by atoms with Gasteiger partial charge in [-0.1, -0.05) is 12.1 Å². The maximum Gasteiger partial charge on any atom is 0.151 e. The molecular weight excluding hydrogens is 737 g/mol. The highest BCUT2D eigenvalue weighted by molar-refractivity contribution is 5.87. The molecule has 0 saturated carbocycles. The second-order valence-electron chi connectivity index (χ2n) is 19.7. The van der Waals surface area contributed by atoms with Gasteiger partial charge in [-0.3, -0.25) is 9.97 Å². The number of phenolic OH excluding ortho intramolecular Hbond substituents is 1. The lowest BCUT2D eigenvalue weighted by Crippen LogP contribution is -2.62. The Hall–Kier alpha value is -5.04. The molecule has 2 saturated heterocycles. The number of aliphatic hydroxyl groups is 1. The van der Waals surface area contributed by atoms with Crippen molar-refractivity contribution in [3.05, 3.63) is 95.6 Å². The van der Waals surface area contributed by atoms with E-state index in [-0.39, 0.29) is 27.9 Å². The van der Waals surface area contributed by atoms with E-state index in [0.29, 0.717) is 35.5 Å². The molecular formula is C47H62N10O2. The van der Waals surface area contributed by atoms with Crippen molar-refractivity contribution >= 4 is 28.6 Å². The van der Waals surface area contributed by atoms with E-state index in [1.807, 2.05) is 67.6 Å². The van der Waals surface area contributed by atoms with Crippen LogP contribution in [0.15, 0.2) is 72.9 Å². The summed E-state index contributed by atoms with van der Waals surface area (Å²) in [5.74, 6) is 1.86. The topological polar surface area (TPSA) is 148 Å². The highest BCUT2D eigenvalue weighted by atomic mass is 16.3. The quantitative estimate of drug-likeness (QED) is 0.135. The Morgan fingerprint density at radius 2 is 1.27 bits per heavy atom. The summed E-state index contributed by atoms with van der Waals surface area (Å²) >= 11 is 0. The molecule has 0 amide bonds. The molecule has 2 aliphatic heterocycles. The van der Waals surface area contributed by atoms with Crippen LogP contribution in [0.4, 0.5) is 11.6 Å². The summed E-state index contributed by atoms with van der Waals surface area (Å²) in [6, 6.07) is 19.9. The minimum absolute atomic E-state index is 0.0655. The fourth-order valence-electron chi connectivity index (χ4n) is 9.82. The molecule has 0 bridgehead atoms. The van der Waals surface area contributed by atoms with Crippen LogP contribution < -0.4 is 20.4 Å². The zero-order valence-corrected chi connectivity index (χ0v) is 36.7. The Morgan fingerprint density at radius 1 is 0.695 bits per heavy atom. The van der Waals surface area contributed by atoms with Gasteiger partial charge in [-0.15, -0.1) is 15.3 Å². The van der Waals surface area contributed by atoms with Crippen LogP contribution in [0, 0.1) is 6.92 Å². The first-order chi connectivity index (χ1) is 27.6. The number of piperidine rings is 2. The molecule has 1 atom stereocenters. The minimum atomic E-state index is -1.15. The third-order valence-electron chi connectivity index (χ3n) is 12.0. The molecule has 12 nitrogen and oxygen atoms in total. The number of pyridine rings is 2. The van der Waals surface area contributed by atoms with Gasteiger partial charge < -0.3 is 30.6 Å². The summed E-state index contributed by atoms with van der Waals surface area (Å²) < 4.78 is 0. The standard InChI is InChI=1S/C24H31N5O.C23H31N5O/c1-15-7-8-16-11-21(30)18(12-20(16)25-15)19-9-10-22(27-26-19)29(6)17-13-23(2,3)28-24(4,5)14-17;1-21(2)14-17(15-22(3,4)27-21)28(5)20-9-8-19(25-26-20)23(29)11-10-18-16(13-23)7-6-12-24-18/h7-12,17,28,30H,13-14H2,1-6H3;6-12,17,27,29H,13-15H2,1-5H3. The fraction of sp³-hybridized carbons (Fsp3) is 0.489. The van der Waals surface area contributed by atoms with E-state index >= 15 is 0 Å². The maximum atomic E-state index is 11.2. The van der Waals surface area contributed by atoms with Gasteiger partial charge in [0.25, 0.3) is 0 Å². The van der Waals surface area contributed by atoms with Gasteiger partial charge in [-0.2, -0.15) is 5.10 Å². The molecule has 12 heteroatoms. The predicted molar refractivity (Wildman–Crippen MR) is 238 cm³/mol. The van der Waals surface area contributed by atoms with Crippen LogP contribution >= 0.6 is 0 Å². The fourth-order valence-corrected chi connectivity index (χ4v) is 9.82. The van der Waals surface area contributed by atoms with Crippen molar-refractivity contribution in [2.24, 2.45) is 0 Å². The third-order valence-corrected chi connectivity index (χ3v) is 12.0. The second-order valence-corrected chi connectivity index (χ2v) is 19.7. The molecule has 1 aromatic carbocycles. The Kier molecular flexibility index (Phi) is 11.1. The number of fused-ring (bicyclic) bond motifs is 2. The van der Waals surface area contributed by atoms with Crippen molar-refractivity contribution in [1.82, 2.24) is 41.0 Å². The number of aromatic nitrogens is 6. The number of nitrogens with zero attached hydrogens (tertiary/aromatic N) is 8. The van der Waals surface area contributed by atoms with Gasteiger partial charge in [-0.25, -0.2) is 0 Å². The molecule has 5 aromatic rings. The van der Waals surface area contributed by atoms with Crippen LogP contribution in [-0.2, 0) is 12.0 Å². The predicted octanol–water partition coefficient (Wildman–Crippen LogP) is 7.53. The van der Waals surface area contributed by atoms with Crippen molar-refractivity contribution < 1.29 is 10.2 Å². The number of aromatic hydroxyl groups is 1. The molecule has 1 aliphatic carbocycles. The highest BCUT2D eigenvalue weighted by Gasteiger charge is 2.41. The number of anilines is 2. The molecule has 312 valence electrons. The van der Waals surface area contributed by atoms with Gasteiger partial charge in [0.1, 0.15) is 11.4 Å². The van der Waals surface area contributed by atoms with E-state index in [1.54, 1.807) is 18.3 Å². The Balaban J connectivity index is 0.000000179. The average Bonchev–Trinajstić information content (AvgIpc) is 3.15. The number of hydrogen-bond acceptors (Lipinski definition) is 12. The number of rotatable bonds is 6. The minimum Gasteiger partial charge on any atom is -0.507 e. The van der Waals surface area contributed by atoms with Gasteiger partial charge in [0.2, 0.25) is 0 Å². The lowest BCUT2D eigenvalue weighted by molar-refractivity contribution is 0.0834. The summed E-state index contributed by atoms with van der Waals surface area (Å²) in [4.78, 5) is 13.4. The molecule has 8 rings (SSSR count). The normalized spacial score (nSPS) is 21.9. The van der Waals surface area contributed by atoms with Gasteiger partial charge >= 0.3 is 0 Å². The molecule has 1 unspecified atom stereocenters. The van der Waals surface area contributed by atoms with Crippen LogP contribution in [0.5, 0.6) is 5.75 Å². The van der Waals surface area contributed by atoms with Gasteiger partial charge in [-0.05, 0) is 154 Å². The van der Waals surface area contributed by atoms with E-state index in [1.165, 1.54) is 0 Å². The van der Waals surface area contributed by atoms with Crippen molar-refractivity contribution in [3.8, 4) is 17.0 Å². The number of hydrogen-bond donors (Lipinski definition) is 4. The number of nitrogens with one attached hydrogen (secondary N) is 2. The van der Waals surface area contributed by atoms with Crippen LogP contribution in [0.25, 0.3) is 28.2 Å². The van der Waals surface area contributed by atoms with Crippen LogP contribution in [0.2, 0.25) is 0 Å². The first kappa shape index (κ1) is 42.1. The van der Waals surface area contributed by atoms with Gasteiger partial charge in [0.05, 0.1) is 22.6 Å². The van der Waals surface area contributed by atoms with Crippen molar-refractivity contribution in [1.29, 1.82) is 0 Å². The Bertz CT molecular complexity index is 2290. The largest absolute Gasteiger partial charge is 0.507 e. The smallest absolute Gasteiger partial charge is 0.151 e. The van der Waals surface area contributed by atoms with Crippen LogP contribution in [0.3, 0.4) is 0 Å².